The number of rotatable bonds is 6. The molecule has 1 aliphatic rings. The number of hydrogen-bond donors (Lipinski definition) is 1. The maximum atomic E-state index is 13.4. The van der Waals surface area contributed by atoms with Crippen molar-refractivity contribution in [3.8, 4) is 0 Å². The van der Waals surface area contributed by atoms with Crippen LogP contribution in [-0.2, 0) is 11.3 Å². The molecule has 2 unspecified atom stereocenters. The molecule has 35 heavy (non-hydrogen) atoms. The zero-order chi connectivity index (χ0) is 24.4. The molecule has 4 aromatic rings. The van der Waals surface area contributed by atoms with Gasteiger partial charge < -0.3 is 10.2 Å². The molecule has 0 radical (unpaired) electrons. The molecule has 3 heterocycles. The molecule has 0 bridgehead atoms. The van der Waals surface area contributed by atoms with Crippen LogP contribution in [0, 0.1) is 11.7 Å². The van der Waals surface area contributed by atoms with Gasteiger partial charge in [0, 0.05) is 13.1 Å². The Morgan fingerprint density at radius 1 is 1.17 bits per heavy atom. The molecule has 180 valence electrons. The molecular formula is C27H27FN4O2S. The summed E-state index contributed by atoms with van der Waals surface area (Å²) in [6.07, 6.45) is 1.59. The van der Waals surface area contributed by atoms with Gasteiger partial charge in [-0.2, -0.15) is 0 Å². The van der Waals surface area contributed by atoms with Crippen molar-refractivity contribution in [3.05, 3.63) is 93.3 Å². The highest BCUT2D eigenvalue weighted by molar-refractivity contribution is 7.17. The SMILES string of the molecule is CC(NC(=O)C1CCCN(c2nc3ccsc3c(=O)n2Cc2ccccc2)C1)c1ccc(F)cc1. The van der Waals surface area contributed by atoms with E-state index in [-0.39, 0.29) is 29.2 Å². The van der Waals surface area contributed by atoms with Gasteiger partial charge in [0.15, 0.2) is 0 Å². The molecule has 1 saturated heterocycles. The van der Waals surface area contributed by atoms with Gasteiger partial charge in [0.1, 0.15) is 10.5 Å². The van der Waals surface area contributed by atoms with E-state index in [0.717, 1.165) is 30.5 Å². The first kappa shape index (κ1) is 23.2. The molecule has 0 aliphatic carbocycles. The summed E-state index contributed by atoms with van der Waals surface area (Å²) in [6.45, 7) is 3.53. The first-order valence-corrected chi connectivity index (χ1v) is 12.7. The molecule has 1 amide bonds. The second-order valence-electron chi connectivity index (χ2n) is 8.99. The van der Waals surface area contributed by atoms with Crippen LogP contribution in [0.3, 0.4) is 0 Å². The molecule has 2 atom stereocenters. The van der Waals surface area contributed by atoms with Crippen LogP contribution >= 0.6 is 11.3 Å². The van der Waals surface area contributed by atoms with E-state index in [9.17, 15) is 14.0 Å². The van der Waals surface area contributed by atoms with E-state index in [1.807, 2.05) is 48.7 Å². The van der Waals surface area contributed by atoms with Gasteiger partial charge in [0.25, 0.3) is 5.56 Å². The third kappa shape index (κ3) is 4.98. The molecule has 5 rings (SSSR count). The fourth-order valence-corrected chi connectivity index (χ4v) is 5.40. The van der Waals surface area contributed by atoms with Crippen LogP contribution in [0.1, 0.15) is 36.9 Å². The Hall–Kier alpha value is -3.52. The van der Waals surface area contributed by atoms with Crippen LogP contribution in [0.15, 0.2) is 70.8 Å². The molecule has 2 aromatic carbocycles. The Kier molecular flexibility index (Phi) is 6.63. The Balaban J connectivity index is 1.39. The Morgan fingerprint density at radius 2 is 1.94 bits per heavy atom. The van der Waals surface area contributed by atoms with Crippen LogP contribution in [0.4, 0.5) is 10.3 Å². The highest BCUT2D eigenvalue weighted by atomic mass is 32.1. The smallest absolute Gasteiger partial charge is 0.273 e. The molecule has 1 fully saturated rings. The molecule has 2 aromatic heterocycles. The average Bonchev–Trinajstić information content (AvgIpc) is 3.36. The standard InChI is InChI=1S/C27H27FN4O2S/c1-18(20-9-11-22(28)12-10-20)29-25(33)21-8-5-14-31(17-21)27-30-23-13-15-35-24(23)26(34)32(27)16-19-6-3-2-4-7-19/h2-4,6-7,9-13,15,18,21H,5,8,14,16-17H2,1H3,(H,29,33). The van der Waals surface area contributed by atoms with Gasteiger partial charge in [-0.25, -0.2) is 9.37 Å². The highest BCUT2D eigenvalue weighted by Gasteiger charge is 2.29. The number of benzene rings is 2. The monoisotopic (exact) mass is 490 g/mol. The van der Waals surface area contributed by atoms with Crippen LogP contribution in [-0.4, -0.2) is 28.5 Å². The Labute approximate surface area is 207 Å². The van der Waals surface area contributed by atoms with Crippen molar-refractivity contribution >= 4 is 33.4 Å². The lowest BCUT2D eigenvalue weighted by molar-refractivity contribution is -0.125. The van der Waals surface area contributed by atoms with Crippen molar-refractivity contribution in [1.82, 2.24) is 14.9 Å². The lowest BCUT2D eigenvalue weighted by Gasteiger charge is -2.34. The third-order valence-electron chi connectivity index (χ3n) is 6.53. The first-order chi connectivity index (χ1) is 17.0. The van der Waals surface area contributed by atoms with Crippen molar-refractivity contribution < 1.29 is 9.18 Å². The number of thiophene rings is 1. The fraction of sp³-hybridized carbons (Fsp3) is 0.296. The molecule has 6 nitrogen and oxygen atoms in total. The molecule has 1 aliphatic heterocycles. The largest absolute Gasteiger partial charge is 0.349 e. The van der Waals surface area contributed by atoms with Gasteiger partial charge in [0.2, 0.25) is 11.9 Å². The summed E-state index contributed by atoms with van der Waals surface area (Å²) in [4.78, 5) is 33.5. The predicted octanol–water partition coefficient (Wildman–Crippen LogP) is 4.74. The summed E-state index contributed by atoms with van der Waals surface area (Å²) >= 11 is 1.40. The van der Waals surface area contributed by atoms with Gasteiger partial charge in [-0.15, -0.1) is 11.3 Å². The quantitative estimate of drug-likeness (QED) is 0.424. The van der Waals surface area contributed by atoms with E-state index in [1.165, 1.54) is 23.5 Å². The maximum Gasteiger partial charge on any atom is 0.273 e. The van der Waals surface area contributed by atoms with Gasteiger partial charge in [-0.05, 0) is 54.5 Å². The van der Waals surface area contributed by atoms with E-state index < -0.39 is 0 Å². The number of carbonyl (C=O) groups excluding carboxylic acids is 1. The van der Waals surface area contributed by atoms with Crippen molar-refractivity contribution in [2.45, 2.75) is 32.4 Å². The van der Waals surface area contributed by atoms with Gasteiger partial charge in [-0.3, -0.25) is 14.2 Å². The van der Waals surface area contributed by atoms with E-state index in [0.29, 0.717) is 29.3 Å². The minimum Gasteiger partial charge on any atom is -0.349 e. The highest BCUT2D eigenvalue weighted by Crippen LogP contribution is 2.26. The third-order valence-corrected chi connectivity index (χ3v) is 7.42. The number of halogens is 1. The lowest BCUT2D eigenvalue weighted by atomic mass is 9.96. The van der Waals surface area contributed by atoms with E-state index in [1.54, 1.807) is 16.7 Å². The van der Waals surface area contributed by atoms with Crippen molar-refractivity contribution in [2.75, 3.05) is 18.0 Å². The molecule has 1 N–H and O–H groups in total. The summed E-state index contributed by atoms with van der Waals surface area (Å²) in [5.41, 5.74) is 2.51. The van der Waals surface area contributed by atoms with Gasteiger partial charge in [0.05, 0.1) is 24.0 Å². The van der Waals surface area contributed by atoms with Crippen LogP contribution in [0.2, 0.25) is 0 Å². The second-order valence-corrected chi connectivity index (χ2v) is 9.91. The molecule has 0 spiro atoms. The Bertz CT molecular complexity index is 1380. The van der Waals surface area contributed by atoms with Crippen LogP contribution in [0.5, 0.6) is 0 Å². The van der Waals surface area contributed by atoms with Gasteiger partial charge in [-0.1, -0.05) is 42.5 Å². The zero-order valence-corrected chi connectivity index (χ0v) is 20.3. The Morgan fingerprint density at radius 3 is 2.71 bits per heavy atom. The van der Waals surface area contributed by atoms with Crippen molar-refractivity contribution in [3.63, 3.8) is 0 Å². The molecule has 0 saturated carbocycles. The number of amides is 1. The summed E-state index contributed by atoms with van der Waals surface area (Å²) in [5.74, 6) is 0.0349. The van der Waals surface area contributed by atoms with Crippen LogP contribution < -0.4 is 15.8 Å². The number of nitrogens with one attached hydrogen (secondary N) is 1. The number of nitrogens with zero attached hydrogens (tertiary/aromatic N) is 3. The van der Waals surface area contributed by atoms with Crippen LogP contribution in [0.25, 0.3) is 10.2 Å². The van der Waals surface area contributed by atoms with Crippen molar-refractivity contribution in [2.24, 2.45) is 5.92 Å². The zero-order valence-electron chi connectivity index (χ0n) is 19.5. The summed E-state index contributed by atoms with van der Waals surface area (Å²) in [7, 11) is 0. The van der Waals surface area contributed by atoms with Crippen molar-refractivity contribution in [1.29, 1.82) is 0 Å². The van der Waals surface area contributed by atoms with E-state index in [2.05, 4.69) is 10.2 Å². The van der Waals surface area contributed by atoms with E-state index in [4.69, 9.17) is 4.98 Å². The lowest BCUT2D eigenvalue weighted by Crippen LogP contribution is -2.45. The first-order valence-electron chi connectivity index (χ1n) is 11.8. The number of piperidine rings is 1. The number of fused-ring (bicyclic) bond motifs is 1. The van der Waals surface area contributed by atoms with E-state index >= 15 is 0 Å². The number of aromatic nitrogens is 2. The summed E-state index contributed by atoms with van der Waals surface area (Å²) in [6, 6.07) is 17.7. The number of carbonyl (C=O) groups is 1. The molecule has 8 heteroatoms. The average molecular weight is 491 g/mol. The predicted molar refractivity (Wildman–Crippen MR) is 137 cm³/mol. The maximum absolute atomic E-state index is 13.4. The normalized spacial score (nSPS) is 16.9. The number of anilines is 1. The van der Waals surface area contributed by atoms with Gasteiger partial charge >= 0.3 is 0 Å². The molecular weight excluding hydrogens is 463 g/mol. The summed E-state index contributed by atoms with van der Waals surface area (Å²) in [5, 5.41) is 4.96. The minimum absolute atomic E-state index is 0.0416. The summed E-state index contributed by atoms with van der Waals surface area (Å²) < 4.78 is 15.6. The fourth-order valence-electron chi connectivity index (χ4n) is 4.62. The topological polar surface area (TPSA) is 67.2 Å². The second kappa shape index (κ2) is 10.00. The minimum atomic E-state index is -0.299. The number of hydrogen-bond acceptors (Lipinski definition) is 5.